The highest BCUT2D eigenvalue weighted by Crippen LogP contribution is 2.23. The number of halogens is 3. The van der Waals surface area contributed by atoms with E-state index >= 15 is 0 Å². The molecule has 0 saturated heterocycles. The number of aryl methyl sites for hydroxylation is 2. The quantitative estimate of drug-likeness (QED) is 0.885. The van der Waals surface area contributed by atoms with E-state index in [0.717, 1.165) is 24.8 Å². The molecule has 1 N–H and O–H groups in total. The van der Waals surface area contributed by atoms with Crippen LogP contribution in [0.2, 0.25) is 0 Å². The van der Waals surface area contributed by atoms with E-state index in [2.05, 4.69) is 0 Å². The summed E-state index contributed by atoms with van der Waals surface area (Å²) < 4.78 is 35.8. The molecule has 0 fully saturated rings. The Hall–Kier alpha value is -1.52. The van der Waals surface area contributed by atoms with Crippen LogP contribution in [0.1, 0.15) is 23.1 Å². The maximum atomic E-state index is 11.9. The summed E-state index contributed by atoms with van der Waals surface area (Å²) >= 11 is 0. The standard InChI is InChI=1S/C13H14F3NO/c14-13(15,16)8-17-12(18)7-9-4-5-10-2-1-3-11(10)6-9/h4-6H,1-3,7-8H2,(H,17,18). The number of fused-ring (bicyclic) bond motifs is 1. The minimum atomic E-state index is -4.35. The molecule has 0 spiro atoms. The van der Waals surface area contributed by atoms with E-state index in [-0.39, 0.29) is 6.42 Å². The molecule has 0 bridgehead atoms. The molecule has 2 rings (SSSR count). The van der Waals surface area contributed by atoms with Gasteiger partial charge in [0.2, 0.25) is 5.91 Å². The van der Waals surface area contributed by atoms with Crippen molar-refractivity contribution in [3.8, 4) is 0 Å². The third-order valence-electron chi connectivity index (χ3n) is 3.01. The fourth-order valence-electron chi connectivity index (χ4n) is 2.18. The zero-order valence-electron chi connectivity index (χ0n) is 9.81. The Kier molecular flexibility index (Phi) is 3.59. The summed E-state index contributed by atoms with van der Waals surface area (Å²) in [6.07, 6.45) is -1.20. The molecule has 0 unspecified atom stereocenters. The van der Waals surface area contributed by atoms with Gasteiger partial charge in [0, 0.05) is 0 Å². The lowest BCUT2D eigenvalue weighted by Gasteiger charge is -2.09. The molecule has 0 aromatic heterocycles. The average Bonchev–Trinajstić information content (AvgIpc) is 2.72. The van der Waals surface area contributed by atoms with Crippen molar-refractivity contribution in [2.75, 3.05) is 6.54 Å². The minimum Gasteiger partial charge on any atom is -0.347 e. The Morgan fingerprint density at radius 2 is 1.94 bits per heavy atom. The maximum absolute atomic E-state index is 11.9. The first-order valence-electron chi connectivity index (χ1n) is 5.88. The summed E-state index contributed by atoms with van der Waals surface area (Å²) in [5.41, 5.74) is 3.28. The van der Waals surface area contributed by atoms with Crippen LogP contribution in [-0.4, -0.2) is 18.6 Å². The van der Waals surface area contributed by atoms with Gasteiger partial charge in [-0.2, -0.15) is 13.2 Å². The van der Waals surface area contributed by atoms with Gasteiger partial charge < -0.3 is 5.32 Å². The predicted molar refractivity (Wildman–Crippen MR) is 61.2 cm³/mol. The Morgan fingerprint density at radius 3 is 2.67 bits per heavy atom. The molecule has 0 atom stereocenters. The molecule has 1 aliphatic rings. The van der Waals surface area contributed by atoms with Crippen molar-refractivity contribution in [1.82, 2.24) is 5.32 Å². The normalized spacial score (nSPS) is 14.4. The summed E-state index contributed by atoms with van der Waals surface area (Å²) in [4.78, 5) is 11.3. The van der Waals surface area contributed by atoms with Crippen LogP contribution >= 0.6 is 0 Å². The van der Waals surface area contributed by atoms with Gasteiger partial charge in [0.05, 0.1) is 6.42 Å². The Balaban J connectivity index is 1.91. The summed E-state index contributed by atoms with van der Waals surface area (Å²) in [6, 6.07) is 5.71. The lowest BCUT2D eigenvalue weighted by atomic mass is 10.0. The molecule has 5 heteroatoms. The van der Waals surface area contributed by atoms with E-state index in [1.807, 2.05) is 23.5 Å². The number of carbonyl (C=O) groups excluding carboxylic acids is 1. The fraction of sp³-hybridized carbons (Fsp3) is 0.462. The Bertz CT molecular complexity index is 454. The number of carbonyl (C=O) groups is 1. The van der Waals surface area contributed by atoms with Gasteiger partial charge in [-0.1, -0.05) is 18.2 Å². The van der Waals surface area contributed by atoms with Gasteiger partial charge >= 0.3 is 6.18 Å². The molecule has 0 radical (unpaired) electrons. The van der Waals surface area contributed by atoms with Crippen LogP contribution in [0, 0.1) is 0 Å². The summed E-state index contributed by atoms with van der Waals surface area (Å²) in [5, 5.41) is 1.87. The van der Waals surface area contributed by atoms with Gasteiger partial charge in [-0.25, -0.2) is 0 Å². The first-order valence-corrected chi connectivity index (χ1v) is 5.88. The summed E-state index contributed by atoms with van der Waals surface area (Å²) in [6.45, 7) is -1.27. The molecule has 1 aromatic carbocycles. The van der Waals surface area contributed by atoms with Gasteiger partial charge in [0.25, 0.3) is 0 Å². The monoisotopic (exact) mass is 257 g/mol. The number of rotatable bonds is 3. The molecule has 98 valence electrons. The SMILES string of the molecule is O=C(Cc1ccc2c(c1)CCC2)NCC(F)(F)F. The van der Waals surface area contributed by atoms with E-state index in [0.29, 0.717) is 0 Å². The van der Waals surface area contributed by atoms with Crippen LogP contribution in [0.15, 0.2) is 18.2 Å². The lowest BCUT2D eigenvalue weighted by molar-refractivity contribution is -0.138. The number of hydrogen-bond donors (Lipinski definition) is 1. The highest BCUT2D eigenvalue weighted by molar-refractivity contribution is 5.78. The fourth-order valence-corrected chi connectivity index (χ4v) is 2.18. The summed E-state index contributed by atoms with van der Waals surface area (Å²) in [5.74, 6) is -0.592. The smallest absolute Gasteiger partial charge is 0.347 e. The van der Waals surface area contributed by atoms with E-state index in [9.17, 15) is 18.0 Å². The molecule has 0 heterocycles. The highest BCUT2D eigenvalue weighted by atomic mass is 19.4. The minimum absolute atomic E-state index is 0.00333. The third kappa shape index (κ3) is 3.48. The zero-order valence-corrected chi connectivity index (χ0v) is 9.81. The van der Waals surface area contributed by atoms with Crippen molar-refractivity contribution < 1.29 is 18.0 Å². The number of hydrogen-bond acceptors (Lipinski definition) is 1. The largest absolute Gasteiger partial charge is 0.405 e. The Morgan fingerprint density at radius 1 is 1.22 bits per heavy atom. The van der Waals surface area contributed by atoms with Gasteiger partial charge in [0.15, 0.2) is 0 Å². The van der Waals surface area contributed by atoms with E-state index < -0.39 is 18.6 Å². The lowest BCUT2D eigenvalue weighted by Crippen LogP contribution is -2.34. The van der Waals surface area contributed by atoms with Crippen LogP contribution in [0.25, 0.3) is 0 Å². The zero-order chi connectivity index (χ0) is 13.2. The second-order valence-electron chi connectivity index (χ2n) is 4.53. The number of benzene rings is 1. The first kappa shape index (κ1) is 12.9. The second kappa shape index (κ2) is 5.00. The van der Waals surface area contributed by atoms with Crippen molar-refractivity contribution in [1.29, 1.82) is 0 Å². The van der Waals surface area contributed by atoms with Crippen LogP contribution in [0.3, 0.4) is 0 Å². The molecule has 2 nitrogen and oxygen atoms in total. The van der Waals surface area contributed by atoms with Crippen molar-refractivity contribution >= 4 is 5.91 Å². The Labute approximate surface area is 103 Å². The van der Waals surface area contributed by atoms with Crippen molar-refractivity contribution in [2.24, 2.45) is 0 Å². The predicted octanol–water partition coefficient (Wildman–Crippen LogP) is 2.40. The van der Waals surface area contributed by atoms with Gasteiger partial charge in [-0.05, 0) is 36.0 Å². The molecule has 1 amide bonds. The van der Waals surface area contributed by atoms with Crippen LogP contribution in [0.4, 0.5) is 13.2 Å². The molecule has 18 heavy (non-hydrogen) atoms. The topological polar surface area (TPSA) is 29.1 Å². The van der Waals surface area contributed by atoms with E-state index in [1.165, 1.54) is 11.1 Å². The highest BCUT2D eigenvalue weighted by Gasteiger charge is 2.27. The van der Waals surface area contributed by atoms with Gasteiger partial charge in [-0.3, -0.25) is 4.79 Å². The first-order chi connectivity index (χ1) is 8.44. The number of nitrogens with one attached hydrogen (secondary N) is 1. The number of alkyl halides is 3. The van der Waals surface area contributed by atoms with Gasteiger partial charge in [0.1, 0.15) is 6.54 Å². The van der Waals surface area contributed by atoms with Crippen molar-refractivity contribution in [3.05, 3.63) is 34.9 Å². The van der Waals surface area contributed by atoms with Crippen LogP contribution in [0.5, 0.6) is 0 Å². The molecular weight excluding hydrogens is 243 g/mol. The number of amides is 1. The van der Waals surface area contributed by atoms with Crippen molar-refractivity contribution in [2.45, 2.75) is 31.9 Å². The molecule has 1 aromatic rings. The van der Waals surface area contributed by atoms with E-state index in [1.54, 1.807) is 0 Å². The summed E-state index contributed by atoms with van der Waals surface area (Å²) in [7, 11) is 0. The van der Waals surface area contributed by atoms with Gasteiger partial charge in [-0.15, -0.1) is 0 Å². The van der Waals surface area contributed by atoms with Crippen LogP contribution in [-0.2, 0) is 24.1 Å². The van der Waals surface area contributed by atoms with E-state index in [4.69, 9.17) is 0 Å². The molecule has 1 aliphatic carbocycles. The van der Waals surface area contributed by atoms with Crippen molar-refractivity contribution in [3.63, 3.8) is 0 Å². The second-order valence-corrected chi connectivity index (χ2v) is 4.53. The van der Waals surface area contributed by atoms with Crippen LogP contribution < -0.4 is 5.32 Å². The average molecular weight is 257 g/mol. The maximum Gasteiger partial charge on any atom is 0.405 e. The molecule has 0 saturated carbocycles. The molecule has 0 aliphatic heterocycles. The third-order valence-corrected chi connectivity index (χ3v) is 3.01. The molecular formula is C13H14F3NO.